The Labute approximate surface area is 211 Å². The first-order valence-electron chi connectivity index (χ1n) is 15.3. The summed E-state index contributed by atoms with van der Waals surface area (Å²) in [5.41, 5.74) is 0.511. The Bertz CT molecular complexity index is 401. The largest absolute Gasteiger partial charge is 0.381 e. The highest BCUT2D eigenvalue weighted by molar-refractivity contribution is 4.66. The molecule has 0 aromatic rings. The Kier molecular flexibility index (Phi) is 21.2. The van der Waals surface area contributed by atoms with E-state index in [-0.39, 0.29) is 0 Å². The van der Waals surface area contributed by atoms with E-state index < -0.39 is 0 Å². The third-order valence-corrected chi connectivity index (χ3v) is 8.32. The summed E-state index contributed by atoms with van der Waals surface area (Å²) >= 11 is 0. The highest BCUT2D eigenvalue weighted by atomic mass is 16.5. The minimum atomic E-state index is 0.511. The number of unbranched alkanes of at least 4 members (excludes halogenated alkanes) is 2. The van der Waals surface area contributed by atoms with E-state index in [9.17, 15) is 0 Å². The van der Waals surface area contributed by atoms with Gasteiger partial charge in [0, 0.05) is 13.2 Å². The van der Waals surface area contributed by atoms with Gasteiger partial charge in [0.1, 0.15) is 0 Å². The molecule has 0 N–H and O–H groups in total. The smallest absolute Gasteiger partial charge is 0.0468 e. The Balaban J connectivity index is 3.51. The van der Waals surface area contributed by atoms with Crippen LogP contribution in [0.5, 0.6) is 0 Å². The van der Waals surface area contributed by atoms with Crippen molar-refractivity contribution in [3.05, 3.63) is 0 Å². The van der Waals surface area contributed by atoms with E-state index >= 15 is 0 Å². The molecule has 0 rings (SSSR count). The lowest BCUT2D eigenvalue weighted by atomic mass is 9.85. The number of ether oxygens (including phenoxy) is 1. The summed E-state index contributed by atoms with van der Waals surface area (Å²) in [5.74, 6) is 3.60. The maximum absolute atomic E-state index is 5.91. The van der Waals surface area contributed by atoms with Crippen LogP contribution in [0.2, 0.25) is 0 Å². The second kappa shape index (κ2) is 21.3. The molecule has 0 bridgehead atoms. The molecular formula is C32H66O. The molecule has 0 heterocycles. The molecule has 0 aromatic carbocycles. The summed E-state index contributed by atoms with van der Waals surface area (Å²) in [6.07, 6.45) is 23.5. The summed E-state index contributed by atoms with van der Waals surface area (Å²) in [6.45, 7) is 21.1. The van der Waals surface area contributed by atoms with Gasteiger partial charge in [-0.05, 0) is 48.3 Å². The fourth-order valence-corrected chi connectivity index (χ4v) is 5.06. The van der Waals surface area contributed by atoms with Crippen molar-refractivity contribution in [1.82, 2.24) is 0 Å². The van der Waals surface area contributed by atoms with Gasteiger partial charge in [0.25, 0.3) is 0 Å². The van der Waals surface area contributed by atoms with Crippen molar-refractivity contribution in [1.29, 1.82) is 0 Å². The molecule has 200 valence electrons. The molecule has 0 aliphatic carbocycles. The average Bonchev–Trinajstić information content (AvgIpc) is 2.76. The van der Waals surface area contributed by atoms with E-state index in [0.29, 0.717) is 5.41 Å². The van der Waals surface area contributed by atoms with Gasteiger partial charge in [0.05, 0.1) is 0 Å². The zero-order chi connectivity index (χ0) is 25.0. The van der Waals surface area contributed by atoms with E-state index in [0.717, 1.165) is 36.9 Å². The molecule has 0 radical (unpaired) electrons. The van der Waals surface area contributed by atoms with Crippen molar-refractivity contribution in [3.8, 4) is 0 Å². The van der Waals surface area contributed by atoms with Gasteiger partial charge in [0.2, 0.25) is 0 Å². The van der Waals surface area contributed by atoms with Crippen LogP contribution in [-0.2, 0) is 4.74 Å². The van der Waals surface area contributed by atoms with Crippen LogP contribution in [0.4, 0.5) is 0 Å². The molecule has 0 saturated heterocycles. The second-order valence-electron chi connectivity index (χ2n) is 12.7. The molecular weight excluding hydrogens is 400 g/mol. The van der Waals surface area contributed by atoms with Gasteiger partial charge in [-0.3, -0.25) is 0 Å². The van der Waals surface area contributed by atoms with Crippen molar-refractivity contribution >= 4 is 0 Å². The molecule has 33 heavy (non-hydrogen) atoms. The van der Waals surface area contributed by atoms with Gasteiger partial charge in [-0.1, -0.05) is 145 Å². The zero-order valence-corrected chi connectivity index (χ0v) is 24.7. The lowest BCUT2D eigenvalue weighted by molar-refractivity contribution is 0.114. The first-order chi connectivity index (χ1) is 15.7. The molecule has 0 aromatic heterocycles. The van der Waals surface area contributed by atoms with Crippen molar-refractivity contribution in [2.75, 3.05) is 13.2 Å². The number of rotatable bonds is 24. The minimum Gasteiger partial charge on any atom is -0.381 e. The van der Waals surface area contributed by atoms with E-state index in [4.69, 9.17) is 4.74 Å². The quantitative estimate of drug-likeness (QED) is 0.128. The molecule has 1 heteroatoms. The molecule has 0 aliphatic rings. The van der Waals surface area contributed by atoms with E-state index in [1.165, 1.54) is 109 Å². The monoisotopic (exact) mass is 467 g/mol. The van der Waals surface area contributed by atoms with Crippen molar-refractivity contribution in [2.45, 2.75) is 165 Å². The van der Waals surface area contributed by atoms with Gasteiger partial charge < -0.3 is 4.74 Å². The highest BCUT2D eigenvalue weighted by Crippen LogP contribution is 2.27. The van der Waals surface area contributed by atoms with Gasteiger partial charge >= 0.3 is 0 Å². The second-order valence-corrected chi connectivity index (χ2v) is 12.7. The Morgan fingerprint density at radius 1 is 0.515 bits per heavy atom. The Morgan fingerprint density at radius 3 is 1.45 bits per heavy atom. The van der Waals surface area contributed by atoms with Crippen molar-refractivity contribution in [3.63, 3.8) is 0 Å². The van der Waals surface area contributed by atoms with Gasteiger partial charge in [-0.2, -0.15) is 0 Å². The minimum absolute atomic E-state index is 0.511. The molecule has 0 fully saturated rings. The summed E-state index contributed by atoms with van der Waals surface area (Å²) < 4.78 is 5.91. The average molecular weight is 467 g/mol. The third-order valence-electron chi connectivity index (χ3n) is 8.32. The van der Waals surface area contributed by atoms with Crippen LogP contribution in [0.25, 0.3) is 0 Å². The molecule has 0 saturated carbocycles. The zero-order valence-electron chi connectivity index (χ0n) is 24.7. The molecule has 4 atom stereocenters. The highest BCUT2D eigenvalue weighted by Gasteiger charge is 2.13. The van der Waals surface area contributed by atoms with Gasteiger partial charge in [-0.25, -0.2) is 0 Å². The fraction of sp³-hybridized carbons (Fsp3) is 1.00. The lowest BCUT2D eigenvalue weighted by Gasteiger charge is -2.22. The predicted molar refractivity (Wildman–Crippen MR) is 151 cm³/mol. The van der Waals surface area contributed by atoms with Crippen LogP contribution in [-0.4, -0.2) is 13.2 Å². The first-order valence-corrected chi connectivity index (χ1v) is 15.3. The third kappa shape index (κ3) is 22.2. The van der Waals surface area contributed by atoms with E-state index in [2.05, 4.69) is 55.4 Å². The van der Waals surface area contributed by atoms with Crippen LogP contribution in [0.15, 0.2) is 0 Å². The molecule has 0 spiro atoms. The number of hydrogen-bond donors (Lipinski definition) is 0. The summed E-state index contributed by atoms with van der Waals surface area (Å²) in [5, 5.41) is 0. The molecule has 0 amide bonds. The summed E-state index contributed by atoms with van der Waals surface area (Å²) in [6, 6.07) is 0. The number of hydrogen-bond acceptors (Lipinski definition) is 1. The van der Waals surface area contributed by atoms with Gasteiger partial charge in [0.15, 0.2) is 0 Å². The lowest BCUT2D eigenvalue weighted by Crippen LogP contribution is -2.10. The van der Waals surface area contributed by atoms with Gasteiger partial charge in [-0.15, -0.1) is 0 Å². The first kappa shape index (κ1) is 33.0. The predicted octanol–water partition coefficient (Wildman–Crippen LogP) is 11.2. The molecule has 4 unspecified atom stereocenters. The summed E-state index contributed by atoms with van der Waals surface area (Å²) in [4.78, 5) is 0. The van der Waals surface area contributed by atoms with Crippen molar-refractivity contribution in [2.24, 2.45) is 29.1 Å². The van der Waals surface area contributed by atoms with Crippen LogP contribution in [0.3, 0.4) is 0 Å². The topological polar surface area (TPSA) is 9.23 Å². The maximum Gasteiger partial charge on any atom is 0.0468 e. The summed E-state index contributed by atoms with van der Waals surface area (Å²) in [7, 11) is 0. The van der Waals surface area contributed by atoms with Crippen LogP contribution in [0, 0.1) is 29.1 Å². The molecule has 1 nitrogen and oxygen atoms in total. The Hall–Kier alpha value is -0.0400. The normalized spacial score (nSPS) is 16.0. The van der Waals surface area contributed by atoms with E-state index in [1.54, 1.807) is 0 Å². The Morgan fingerprint density at radius 2 is 0.970 bits per heavy atom. The van der Waals surface area contributed by atoms with Crippen LogP contribution in [0.1, 0.15) is 165 Å². The fourth-order valence-electron chi connectivity index (χ4n) is 5.06. The van der Waals surface area contributed by atoms with E-state index in [1.807, 2.05) is 0 Å². The van der Waals surface area contributed by atoms with Crippen LogP contribution < -0.4 is 0 Å². The molecule has 0 aliphatic heterocycles. The standard InChI is InChI=1S/C32H66O/c1-9-17-28(3)20-15-22-30(5)23-16-21-29(4)18-11-12-19-31(6)24-27-33-26-14-13-25-32(7,8)10-2/h28-31H,9-27H2,1-8H3. The SMILES string of the molecule is CCCC(C)CCCC(C)CCCC(C)CCCCC(C)CCOCCCCC(C)(C)CC. The van der Waals surface area contributed by atoms with Crippen molar-refractivity contribution < 1.29 is 4.74 Å². The van der Waals surface area contributed by atoms with Crippen LogP contribution >= 0.6 is 0 Å². The maximum atomic E-state index is 5.91.